The summed E-state index contributed by atoms with van der Waals surface area (Å²) in [6, 6.07) is 0. The van der Waals surface area contributed by atoms with Gasteiger partial charge in [-0.1, -0.05) is 0 Å². The fourth-order valence-corrected chi connectivity index (χ4v) is 0.981. The maximum Gasteiger partial charge on any atom is 0.216 e. The highest BCUT2D eigenvalue weighted by molar-refractivity contribution is 5.72. The van der Waals surface area contributed by atoms with Crippen LogP contribution < -0.4 is 10.6 Å². The molecule has 1 aromatic rings. The molecule has 14 heavy (non-hydrogen) atoms. The van der Waals surface area contributed by atoms with Crippen LogP contribution in [0.2, 0.25) is 0 Å². The minimum absolute atomic E-state index is 0.00477. The number of aromatic nitrogens is 2. The summed E-state index contributed by atoms with van der Waals surface area (Å²) in [7, 11) is 0. The largest absolute Gasteiger partial charge is 0.355 e. The van der Waals surface area contributed by atoms with E-state index in [0.717, 1.165) is 18.7 Å². The van der Waals surface area contributed by atoms with Crippen LogP contribution in [0, 0.1) is 0 Å². The van der Waals surface area contributed by atoms with E-state index in [1.54, 1.807) is 12.4 Å². The van der Waals surface area contributed by atoms with Crippen LogP contribution in [0.4, 0.5) is 0 Å². The van der Waals surface area contributed by atoms with E-state index in [1.165, 1.54) is 13.3 Å². The van der Waals surface area contributed by atoms with Gasteiger partial charge in [-0.25, -0.2) is 9.97 Å². The number of hydrogen-bond donors (Lipinski definition) is 2. The van der Waals surface area contributed by atoms with E-state index >= 15 is 0 Å². The maximum absolute atomic E-state index is 10.5. The van der Waals surface area contributed by atoms with Gasteiger partial charge in [-0.15, -0.1) is 0 Å². The Morgan fingerprint density at radius 2 is 2.07 bits per heavy atom. The Labute approximate surface area is 83.0 Å². The van der Waals surface area contributed by atoms with Crippen LogP contribution in [0.1, 0.15) is 12.5 Å². The standard InChI is InChI=1S/C9H14N4O/c1-8(14)13-3-2-10-4-9-5-11-7-12-6-9/h5-7,10H,2-4H2,1H3,(H,13,14). The second kappa shape index (κ2) is 6.04. The minimum atomic E-state index is -0.00477. The lowest BCUT2D eigenvalue weighted by Gasteiger charge is -2.04. The van der Waals surface area contributed by atoms with E-state index in [-0.39, 0.29) is 5.91 Å². The summed E-state index contributed by atoms with van der Waals surface area (Å²) in [5.74, 6) is -0.00477. The molecule has 1 aromatic heterocycles. The van der Waals surface area contributed by atoms with Gasteiger partial charge in [0.25, 0.3) is 0 Å². The van der Waals surface area contributed by atoms with Crippen molar-refractivity contribution >= 4 is 5.91 Å². The number of carbonyl (C=O) groups excluding carboxylic acids is 1. The fourth-order valence-electron chi connectivity index (χ4n) is 0.981. The maximum atomic E-state index is 10.5. The third-order valence-corrected chi connectivity index (χ3v) is 1.62. The molecule has 0 aliphatic heterocycles. The number of hydrogen-bond acceptors (Lipinski definition) is 4. The summed E-state index contributed by atoms with van der Waals surface area (Å²) in [6.07, 6.45) is 5.03. The SMILES string of the molecule is CC(=O)NCCNCc1cncnc1. The Hall–Kier alpha value is -1.49. The highest BCUT2D eigenvalue weighted by Crippen LogP contribution is 1.90. The molecule has 76 valence electrons. The molecule has 0 radical (unpaired) electrons. The number of carbonyl (C=O) groups is 1. The van der Waals surface area contributed by atoms with E-state index in [2.05, 4.69) is 20.6 Å². The average molecular weight is 194 g/mol. The first kappa shape index (κ1) is 10.6. The predicted molar refractivity (Wildman–Crippen MR) is 52.4 cm³/mol. The first-order valence-corrected chi connectivity index (χ1v) is 4.48. The Kier molecular flexibility index (Phi) is 4.57. The van der Waals surface area contributed by atoms with Crippen LogP contribution in [0.5, 0.6) is 0 Å². The van der Waals surface area contributed by atoms with Gasteiger partial charge in [-0.05, 0) is 0 Å². The van der Waals surface area contributed by atoms with Crippen LogP contribution in [0.3, 0.4) is 0 Å². The molecule has 0 spiro atoms. The Balaban J connectivity index is 2.08. The molecule has 0 aliphatic carbocycles. The van der Waals surface area contributed by atoms with Gasteiger partial charge in [-0.2, -0.15) is 0 Å². The van der Waals surface area contributed by atoms with Gasteiger partial charge in [0.05, 0.1) is 0 Å². The van der Waals surface area contributed by atoms with Crippen LogP contribution in [-0.4, -0.2) is 29.0 Å². The van der Waals surface area contributed by atoms with E-state index in [9.17, 15) is 4.79 Å². The third-order valence-electron chi connectivity index (χ3n) is 1.62. The smallest absolute Gasteiger partial charge is 0.216 e. The van der Waals surface area contributed by atoms with Crippen molar-refractivity contribution < 1.29 is 4.79 Å². The molecule has 0 fully saturated rings. The van der Waals surface area contributed by atoms with E-state index in [1.807, 2.05) is 0 Å². The second-order valence-corrected chi connectivity index (χ2v) is 2.91. The zero-order valence-electron chi connectivity index (χ0n) is 8.16. The molecule has 0 aromatic carbocycles. The fraction of sp³-hybridized carbons (Fsp3) is 0.444. The number of nitrogens with one attached hydrogen (secondary N) is 2. The van der Waals surface area contributed by atoms with Crippen molar-refractivity contribution in [3.63, 3.8) is 0 Å². The lowest BCUT2D eigenvalue weighted by molar-refractivity contribution is -0.118. The number of nitrogens with zero attached hydrogens (tertiary/aromatic N) is 2. The molecule has 0 saturated carbocycles. The van der Waals surface area contributed by atoms with Crippen molar-refractivity contribution in [3.05, 3.63) is 24.3 Å². The minimum Gasteiger partial charge on any atom is -0.355 e. The normalized spacial score (nSPS) is 9.79. The first-order valence-electron chi connectivity index (χ1n) is 4.48. The Morgan fingerprint density at radius 1 is 1.36 bits per heavy atom. The van der Waals surface area contributed by atoms with E-state index < -0.39 is 0 Å². The van der Waals surface area contributed by atoms with Crippen molar-refractivity contribution in [2.24, 2.45) is 0 Å². The molecule has 5 heteroatoms. The van der Waals surface area contributed by atoms with Crippen molar-refractivity contribution in [1.82, 2.24) is 20.6 Å². The summed E-state index contributed by atoms with van der Waals surface area (Å²) in [6.45, 7) is 3.61. The summed E-state index contributed by atoms with van der Waals surface area (Å²) in [4.78, 5) is 18.3. The molecule has 1 amide bonds. The molecule has 0 unspecified atom stereocenters. The summed E-state index contributed by atoms with van der Waals surface area (Å²) >= 11 is 0. The monoisotopic (exact) mass is 194 g/mol. The lowest BCUT2D eigenvalue weighted by atomic mass is 10.3. The van der Waals surface area contributed by atoms with Gasteiger partial charge >= 0.3 is 0 Å². The quantitative estimate of drug-likeness (QED) is 0.632. The van der Waals surface area contributed by atoms with E-state index in [0.29, 0.717) is 6.54 Å². The zero-order valence-corrected chi connectivity index (χ0v) is 8.16. The predicted octanol–water partition coefficient (Wildman–Crippen LogP) is -0.298. The highest BCUT2D eigenvalue weighted by atomic mass is 16.1. The van der Waals surface area contributed by atoms with Gasteiger partial charge in [0, 0.05) is 44.5 Å². The van der Waals surface area contributed by atoms with Gasteiger partial charge in [0.2, 0.25) is 5.91 Å². The van der Waals surface area contributed by atoms with Crippen LogP contribution in [0.15, 0.2) is 18.7 Å². The first-order chi connectivity index (χ1) is 6.79. The number of amides is 1. The van der Waals surface area contributed by atoms with Crippen molar-refractivity contribution in [1.29, 1.82) is 0 Å². The highest BCUT2D eigenvalue weighted by Gasteiger charge is 1.92. The number of rotatable bonds is 5. The van der Waals surface area contributed by atoms with Crippen molar-refractivity contribution in [2.75, 3.05) is 13.1 Å². The zero-order chi connectivity index (χ0) is 10.2. The molecular formula is C9H14N4O. The molecule has 2 N–H and O–H groups in total. The Morgan fingerprint density at radius 3 is 2.71 bits per heavy atom. The van der Waals surface area contributed by atoms with Gasteiger partial charge in [0.1, 0.15) is 6.33 Å². The lowest BCUT2D eigenvalue weighted by Crippen LogP contribution is -2.29. The summed E-state index contributed by atoms with van der Waals surface area (Å²) in [5, 5.41) is 5.86. The molecular weight excluding hydrogens is 180 g/mol. The second-order valence-electron chi connectivity index (χ2n) is 2.91. The van der Waals surface area contributed by atoms with Crippen molar-refractivity contribution in [2.45, 2.75) is 13.5 Å². The van der Waals surface area contributed by atoms with Gasteiger partial charge < -0.3 is 10.6 Å². The van der Waals surface area contributed by atoms with Crippen LogP contribution in [-0.2, 0) is 11.3 Å². The molecule has 1 heterocycles. The molecule has 5 nitrogen and oxygen atoms in total. The molecule has 0 aliphatic rings. The third kappa shape index (κ3) is 4.51. The van der Waals surface area contributed by atoms with Gasteiger partial charge in [0.15, 0.2) is 0 Å². The topological polar surface area (TPSA) is 66.9 Å². The van der Waals surface area contributed by atoms with Crippen molar-refractivity contribution in [3.8, 4) is 0 Å². The summed E-state index contributed by atoms with van der Waals surface area (Å²) in [5.41, 5.74) is 1.04. The van der Waals surface area contributed by atoms with Gasteiger partial charge in [-0.3, -0.25) is 4.79 Å². The van der Waals surface area contributed by atoms with E-state index in [4.69, 9.17) is 0 Å². The molecule has 0 atom stereocenters. The van der Waals surface area contributed by atoms with Crippen LogP contribution >= 0.6 is 0 Å². The Bertz CT molecular complexity index is 275. The average Bonchev–Trinajstić information content (AvgIpc) is 2.18. The summed E-state index contributed by atoms with van der Waals surface area (Å²) < 4.78 is 0. The molecule has 1 rings (SSSR count). The molecule has 0 bridgehead atoms. The molecule has 0 saturated heterocycles. The van der Waals surface area contributed by atoms with Crippen LogP contribution in [0.25, 0.3) is 0 Å².